The molecular formula is C24H30N6O3. The van der Waals surface area contributed by atoms with Crippen LogP contribution in [0, 0.1) is 5.92 Å². The number of benzene rings is 1. The highest BCUT2D eigenvalue weighted by Gasteiger charge is 2.55. The summed E-state index contributed by atoms with van der Waals surface area (Å²) in [7, 11) is 0. The van der Waals surface area contributed by atoms with Crippen molar-refractivity contribution in [3.8, 4) is 11.4 Å². The fourth-order valence-electron chi connectivity index (χ4n) is 5.42. The van der Waals surface area contributed by atoms with Crippen LogP contribution in [0.3, 0.4) is 0 Å². The number of nitrogens with zero attached hydrogens (tertiary/aromatic N) is 4. The summed E-state index contributed by atoms with van der Waals surface area (Å²) in [5.74, 6) is 1.17. The standard InChI is InChI=1S/C24H30N6O3/c1-16-8-4-5-12-24(16)22(32)30(23(33)26-24)15-20(31)25-18-10-7-9-17(14-18)21-28-27-19-11-3-2-6-13-29(19)21/h7,9-10,14,16H,2-6,8,11-13,15H2,1H3,(H,25,31)(H,26,33)/t16-,24+/m1/s1. The van der Waals surface area contributed by atoms with Gasteiger partial charge in [-0.3, -0.25) is 14.5 Å². The van der Waals surface area contributed by atoms with Gasteiger partial charge in [0.05, 0.1) is 0 Å². The van der Waals surface area contributed by atoms with Gasteiger partial charge in [-0.05, 0) is 43.7 Å². The number of carbonyl (C=O) groups is 3. The highest BCUT2D eigenvalue weighted by atomic mass is 16.2. The van der Waals surface area contributed by atoms with Crippen LogP contribution in [0.2, 0.25) is 0 Å². The maximum Gasteiger partial charge on any atom is 0.325 e. The predicted molar refractivity (Wildman–Crippen MR) is 122 cm³/mol. The molecule has 174 valence electrons. The summed E-state index contributed by atoms with van der Waals surface area (Å²) < 4.78 is 2.16. The second-order valence-corrected chi connectivity index (χ2v) is 9.47. The Hall–Kier alpha value is -3.23. The zero-order valence-corrected chi connectivity index (χ0v) is 19.0. The molecular weight excluding hydrogens is 420 g/mol. The van der Waals surface area contributed by atoms with Crippen molar-refractivity contribution in [3.63, 3.8) is 0 Å². The average Bonchev–Trinajstić information content (AvgIpc) is 3.19. The van der Waals surface area contributed by atoms with Crippen molar-refractivity contribution in [2.75, 3.05) is 11.9 Å². The Morgan fingerprint density at radius 2 is 2.06 bits per heavy atom. The number of fused-ring (bicyclic) bond motifs is 1. The number of nitrogens with one attached hydrogen (secondary N) is 2. The first-order chi connectivity index (χ1) is 16.0. The molecule has 3 heterocycles. The summed E-state index contributed by atoms with van der Waals surface area (Å²) in [6.45, 7) is 2.59. The molecule has 1 saturated carbocycles. The maximum atomic E-state index is 13.1. The van der Waals surface area contributed by atoms with Gasteiger partial charge < -0.3 is 15.2 Å². The number of anilines is 1. The lowest BCUT2D eigenvalue weighted by Gasteiger charge is -2.36. The number of aryl methyl sites for hydroxylation is 1. The molecule has 1 aromatic carbocycles. The monoisotopic (exact) mass is 450 g/mol. The lowest BCUT2D eigenvalue weighted by atomic mass is 9.73. The Morgan fingerprint density at radius 1 is 1.18 bits per heavy atom. The molecule has 0 radical (unpaired) electrons. The molecule has 1 aliphatic carbocycles. The maximum absolute atomic E-state index is 13.1. The van der Waals surface area contributed by atoms with Gasteiger partial charge in [0, 0.05) is 24.2 Å². The number of rotatable bonds is 4. The van der Waals surface area contributed by atoms with Crippen molar-refractivity contribution >= 4 is 23.5 Å². The molecule has 2 atom stereocenters. The lowest BCUT2D eigenvalue weighted by molar-refractivity contribution is -0.136. The van der Waals surface area contributed by atoms with E-state index in [1.165, 1.54) is 6.42 Å². The van der Waals surface area contributed by atoms with Crippen LogP contribution in [0.4, 0.5) is 10.5 Å². The Morgan fingerprint density at radius 3 is 2.91 bits per heavy atom. The summed E-state index contributed by atoms with van der Waals surface area (Å²) in [5.41, 5.74) is 0.607. The van der Waals surface area contributed by atoms with Crippen molar-refractivity contribution in [1.29, 1.82) is 0 Å². The second kappa shape index (κ2) is 8.61. The number of hydrogen-bond acceptors (Lipinski definition) is 5. The average molecular weight is 451 g/mol. The molecule has 0 bridgehead atoms. The van der Waals surface area contributed by atoms with Gasteiger partial charge >= 0.3 is 6.03 Å². The van der Waals surface area contributed by atoms with Crippen LogP contribution in [0.5, 0.6) is 0 Å². The number of amides is 4. The fraction of sp³-hybridized carbons (Fsp3) is 0.542. The van der Waals surface area contributed by atoms with Gasteiger partial charge in [-0.25, -0.2) is 4.79 Å². The quantitative estimate of drug-likeness (QED) is 0.696. The van der Waals surface area contributed by atoms with Gasteiger partial charge in [-0.2, -0.15) is 0 Å². The van der Waals surface area contributed by atoms with Crippen LogP contribution in [-0.2, 0) is 22.6 Å². The predicted octanol–water partition coefficient (Wildman–Crippen LogP) is 3.11. The molecule has 1 spiro atoms. The molecule has 4 amide bonds. The molecule has 2 aromatic rings. The first kappa shape index (κ1) is 21.6. The van der Waals surface area contributed by atoms with E-state index in [9.17, 15) is 14.4 Å². The molecule has 9 heteroatoms. The smallest absolute Gasteiger partial charge is 0.325 e. The molecule has 9 nitrogen and oxygen atoms in total. The Labute approximate surface area is 192 Å². The van der Waals surface area contributed by atoms with Gasteiger partial charge in [0.2, 0.25) is 5.91 Å². The van der Waals surface area contributed by atoms with E-state index in [4.69, 9.17) is 0 Å². The number of hydrogen-bond donors (Lipinski definition) is 2. The summed E-state index contributed by atoms with van der Waals surface area (Å²) in [5, 5.41) is 14.5. The summed E-state index contributed by atoms with van der Waals surface area (Å²) in [6, 6.07) is 6.97. The SMILES string of the molecule is C[C@@H]1CCCC[C@]12NC(=O)N(CC(=O)Nc1cccc(-c3nnc4n3CCCCC4)c1)C2=O. The van der Waals surface area contributed by atoms with Gasteiger partial charge in [0.25, 0.3) is 5.91 Å². The van der Waals surface area contributed by atoms with E-state index in [1.54, 1.807) is 6.07 Å². The largest absolute Gasteiger partial charge is 0.325 e. The van der Waals surface area contributed by atoms with Crippen LogP contribution in [-0.4, -0.2) is 49.6 Å². The number of carbonyl (C=O) groups excluding carboxylic acids is 3. The van der Waals surface area contributed by atoms with E-state index in [2.05, 4.69) is 25.4 Å². The van der Waals surface area contributed by atoms with E-state index < -0.39 is 17.5 Å². The molecule has 2 N–H and O–H groups in total. The molecule has 1 aromatic heterocycles. The van der Waals surface area contributed by atoms with Crippen LogP contribution in [0.1, 0.15) is 57.7 Å². The van der Waals surface area contributed by atoms with E-state index in [1.807, 2.05) is 25.1 Å². The zero-order valence-electron chi connectivity index (χ0n) is 19.0. The van der Waals surface area contributed by atoms with Crippen molar-refractivity contribution in [2.24, 2.45) is 5.92 Å². The molecule has 5 rings (SSSR count). The lowest BCUT2D eigenvalue weighted by Crippen LogP contribution is -2.54. The Balaban J connectivity index is 1.29. The third kappa shape index (κ3) is 3.89. The van der Waals surface area contributed by atoms with Crippen LogP contribution in [0.15, 0.2) is 24.3 Å². The van der Waals surface area contributed by atoms with E-state index >= 15 is 0 Å². The van der Waals surface area contributed by atoms with Crippen LogP contribution < -0.4 is 10.6 Å². The van der Waals surface area contributed by atoms with E-state index in [-0.39, 0.29) is 18.4 Å². The van der Waals surface area contributed by atoms with Crippen molar-refractivity contribution in [1.82, 2.24) is 25.0 Å². The molecule has 2 fully saturated rings. The highest BCUT2D eigenvalue weighted by molar-refractivity contribution is 6.10. The minimum atomic E-state index is -0.860. The van der Waals surface area contributed by atoms with E-state index in [0.717, 1.165) is 67.2 Å². The minimum Gasteiger partial charge on any atom is -0.325 e. The number of urea groups is 1. The normalized spacial score (nSPS) is 25.0. The van der Waals surface area contributed by atoms with Gasteiger partial charge in [-0.1, -0.05) is 38.3 Å². The summed E-state index contributed by atoms with van der Waals surface area (Å²) in [6.07, 6.45) is 7.80. The highest BCUT2D eigenvalue weighted by Crippen LogP contribution is 2.38. The number of imide groups is 1. The van der Waals surface area contributed by atoms with Crippen molar-refractivity contribution in [2.45, 2.75) is 70.4 Å². The first-order valence-electron chi connectivity index (χ1n) is 11.9. The topological polar surface area (TPSA) is 109 Å². The van der Waals surface area contributed by atoms with Gasteiger partial charge in [-0.15, -0.1) is 10.2 Å². The third-order valence-corrected chi connectivity index (χ3v) is 7.32. The molecule has 3 aliphatic rings. The Bertz CT molecular complexity index is 1100. The van der Waals surface area contributed by atoms with Crippen LogP contribution >= 0.6 is 0 Å². The fourth-order valence-corrected chi connectivity index (χ4v) is 5.42. The minimum absolute atomic E-state index is 0.0609. The summed E-state index contributed by atoms with van der Waals surface area (Å²) >= 11 is 0. The first-order valence-corrected chi connectivity index (χ1v) is 11.9. The van der Waals surface area contributed by atoms with Crippen molar-refractivity contribution < 1.29 is 14.4 Å². The van der Waals surface area contributed by atoms with Crippen LogP contribution in [0.25, 0.3) is 11.4 Å². The van der Waals surface area contributed by atoms with Crippen molar-refractivity contribution in [3.05, 3.63) is 30.1 Å². The van der Waals surface area contributed by atoms with E-state index in [0.29, 0.717) is 12.1 Å². The summed E-state index contributed by atoms with van der Waals surface area (Å²) in [4.78, 5) is 39.5. The molecule has 0 unspecified atom stereocenters. The molecule has 2 aliphatic heterocycles. The third-order valence-electron chi connectivity index (χ3n) is 7.32. The molecule has 33 heavy (non-hydrogen) atoms. The number of aromatic nitrogens is 3. The second-order valence-electron chi connectivity index (χ2n) is 9.47. The molecule has 1 saturated heterocycles. The Kier molecular flexibility index (Phi) is 5.64. The van der Waals surface area contributed by atoms with Gasteiger partial charge in [0.15, 0.2) is 5.82 Å². The van der Waals surface area contributed by atoms with Gasteiger partial charge in [0.1, 0.15) is 17.9 Å². The zero-order chi connectivity index (χ0) is 23.0.